The Morgan fingerprint density at radius 1 is 1.47 bits per heavy atom. The van der Waals surface area contributed by atoms with Crippen LogP contribution in [0, 0.1) is 0 Å². The zero-order chi connectivity index (χ0) is 12.8. The van der Waals surface area contributed by atoms with Crippen molar-refractivity contribution in [1.29, 1.82) is 0 Å². The fourth-order valence-electron chi connectivity index (χ4n) is 2.33. The number of carbonyl (C=O) groups excluding carboxylic acids is 1. The highest BCUT2D eigenvalue weighted by molar-refractivity contribution is 8.00. The van der Waals surface area contributed by atoms with Gasteiger partial charge in [0.15, 0.2) is 0 Å². The molecule has 3 unspecified atom stereocenters. The van der Waals surface area contributed by atoms with E-state index < -0.39 is 0 Å². The Kier molecular flexibility index (Phi) is 6.34. The molecule has 0 bridgehead atoms. The molecule has 0 N–H and O–H groups in total. The van der Waals surface area contributed by atoms with Gasteiger partial charge in [0.1, 0.15) is 6.04 Å². The summed E-state index contributed by atoms with van der Waals surface area (Å²) in [6, 6.07) is 0.410. The van der Waals surface area contributed by atoms with Crippen molar-refractivity contribution in [2.24, 2.45) is 0 Å². The van der Waals surface area contributed by atoms with Crippen LogP contribution in [0.1, 0.15) is 40.5 Å². The SMILES string of the molecule is CCCC(C(=O)OCC)N1CCSC(C)C1C. The van der Waals surface area contributed by atoms with Crippen LogP contribution in [0.4, 0.5) is 0 Å². The second-order valence-corrected chi connectivity index (χ2v) is 6.10. The predicted molar refractivity (Wildman–Crippen MR) is 73.4 cm³/mol. The van der Waals surface area contributed by atoms with E-state index in [0.717, 1.165) is 25.1 Å². The van der Waals surface area contributed by atoms with Crippen LogP contribution in [0.15, 0.2) is 0 Å². The summed E-state index contributed by atoms with van der Waals surface area (Å²) in [7, 11) is 0. The molecule has 4 heteroatoms. The summed E-state index contributed by atoms with van der Waals surface area (Å²) in [5, 5.41) is 0.595. The number of esters is 1. The molecule has 0 aliphatic carbocycles. The summed E-state index contributed by atoms with van der Waals surface area (Å²) >= 11 is 2.00. The summed E-state index contributed by atoms with van der Waals surface area (Å²) < 4.78 is 5.21. The van der Waals surface area contributed by atoms with Gasteiger partial charge >= 0.3 is 5.97 Å². The van der Waals surface area contributed by atoms with Crippen LogP contribution in [0.5, 0.6) is 0 Å². The van der Waals surface area contributed by atoms with E-state index in [1.165, 1.54) is 0 Å². The first-order chi connectivity index (χ1) is 8.11. The van der Waals surface area contributed by atoms with E-state index in [0.29, 0.717) is 17.9 Å². The largest absolute Gasteiger partial charge is 0.465 e. The Hall–Kier alpha value is -0.220. The van der Waals surface area contributed by atoms with Crippen molar-refractivity contribution in [2.45, 2.75) is 57.9 Å². The predicted octanol–water partition coefficient (Wildman–Crippen LogP) is 2.54. The minimum atomic E-state index is -0.0432. The Bertz CT molecular complexity index is 248. The number of ether oxygens (including phenoxy) is 1. The van der Waals surface area contributed by atoms with Crippen molar-refractivity contribution in [2.75, 3.05) is 18.9 Å². The Morgan fingerprint density at radius 2 is 2.18 bits per heavy atom. The van der Waals surface area contributed by atoms with Crippen LogP contribution in [0.25, 0.3) is 0 Å². The van der Waals surface area contributed by atoms with E-state index in [-0.39, 0.29) is 12.0 Å². The quantitative estimate of drug-likeness (QED) is 0.710. The van der Waals surface area contributed by atoms with Gasteiger partial charge in [-0.1, -0.05) is 20.3 Å². The molecule has 1 heterocycles. The summed E-state index contributed by atoms with van der Waals surface area (Å²) in [4.78, 5) is 14.3. The molecule has 1 rings (SSSR count). The maximum Gasteiger partial charge on any atom is 0.323 e. The van der Waals surface area contributed by atoms with Crippen molar-refractivity contribution in [1.82, 2.24) is 4.90 Å². The molecule has 1 saturated heterocycles. The monoisotopic (exact) mass is 259 g/mol. The Balaban J connectivity index is 2.71. The van der Waals surface area contributed by atoms with E-state index >= 15 is 0 Å². The maximum absolute atomic E-state index is 12.0. The van der Waals surface area contributed by atoms with Crippen molar-refractivity contribution >= 4 is 17.7 Å². The summed E-state index contributed by atoms with van der Waals surface area (Å²) in [6.45, 7) is 9.94. The third-order valence-electron chi connectivity index (χ3n) is 3.45. The molecule has 17 heavy (non-hydrogen) atoms. The minimum Gasteiger partial charge on any atom is -0.465 e. The average Bonchev–Trinajstić information content (AvgIpc) is 2.30. The van der Waals surface area contributed by atoms with Gasteiger partial charge in [0.25, 0.3) is 0 Å². The van der Waals surface area contributed by atoms with E-state index in [9.17, 15) is 4.79 Å². The maximum atomic E-state index is 12.0. The van der Waals surface area contributed by atoms with Gasteiger partial charge in [0, 0.05) is 23.6 Å². The number of hydrogen-bond acceptors (Lipinski definition) is 4. The molecule has 0 aromatic rings. The Labute approximate surface area is 109 Å². The summed E-state index contributed by atoms with van der Waals surface area (Å²) in [6.07, 6.45) is 1.93. The van der Waals surface area contributed by atoms with Gasteiger partial charge < -0.3 is 4.74 Å². The van der Waals surface area contributed by atoms with Crippen molar-refractivity contribution < 1.29 is 9.53 Å². The lowest BCUT2D eigenvalue weighted by Gasteiger charge is -2.41. The number of rotatable bonds is 5. The number of thioether (sulfide) groups is 1. The van der Waals surface area contributed by atoms with Crippen LogP contribution in [0.3, 0.4) is 0 Å². The lowest BCUT2D eigenvalue weighted by atomic mass is 10.1. The standard InChI is InChI=1S/C13H25NO2S/c1-5-7-12(13(15)16-6-2)14-8-9-17-11(4)10(14)3/h10-12H,5-9H2,1-4H3. The first kappa shape index (κ1) is 14.8. The lowest BCUT2D eigenvalue weighted by molar-refractivity contribution is -0.150. The van der Waals surface area contributed by atoms with E-state index in [4.69, 9.17) is 4.74 Å². The third-order valence-corrected chi connectivity index (χ3v) is 4.79. The highest BCUT2D eigenvalue weighted by Gasteiger charge is 2.34. The topological polar surface area (TPSA) is 29.5 Å². The van der Waals surface area contributed by atoms with Crippen molar-refractivity contribution in [3.05, 3.63) is 0 Å². The molecule has 0 amide bonds. The van der Waals surface area contributed by atoms with E-state index in [2.05, 4.69) is 25.7 Å². The average molecular weight is 259 g/mol. The van der Waals surface area contributed by atoms with Gasteiger partial charge in [-0.05, 0) is 20.3 Å². The smallest absolute Gasteiger partial charge is 0.323 e. The van der Waals surface area contributed by atoms with Crippen LogP contribution in [0.2, 0.25) is 0 Å². The van der Waals surface area contributed by atoms with Gasteiger partial charge in [-0.3, -0.25) is 9.69 Å². The lowest BCUT2D eigenvalue weighted by Crippen LogP contribution is -2.53. The van der Waals surface area contributed by atoms with Crippen LogP contribution in [-0.2, 0) is 9.53 Å². The molecule has 3 nitrogen and oxygen atoms in total. The van der Waals surface area contributed by atoms with Gasteiger partial charge in [-0.25, -0.2) is 0 Å². The molecule has 0 aromatic heterocycles. The number of nitrogens with zero attached hydrogens (tertiary/aromatic N) is 1. The zero-order valence-electron chi connectivity index (χ0n) is 11.4. The normalized spacial score (nSPS) is 27.8. The molecule has 1 fully saturated rings. The molecule has 0 saturated carbocycles. The first-order valence-corrected chi connectivity index (χ1v) is 7.70. The molecule has 0 radical (unpaired) electrons. The first-order valence-electron chi connectivity index (χ1n) is 6.65. The molecule has 0 aromatic carbocycles. The van der Waals surface area contributed by atoms with Gasteiger partial charge in [0.05, 0.1) is 6.61 Å². The van der Waals surface area contributed by atoms with Crippen LogP contribution >= 0.6 is 11.8 Å². The third kappa shape index (κ3) is 3.88. The number of carbonyl (C=O) groups is 1. The highest BCUT2D eigenvalue weighted by atomic mass is 32.2. The van der Waals surface area contributed by atoms with E-state index in [1.54, 1.807) is 0 Å². The second kappa shape index (κ2) is 7.27. The second-order valence-electron chi connectivity index (χ2n) is 4.61. The van der Waals surface area contributed by atoms with Crippen molar-refractivity contribution in [3.63, 3.8) is 0 Å². The van der Waals surface area contributed by atoms with Crippen LogP contribution < -0.4 is 0 Å². The van der Waals surface area contributed by atoms with Crippen molar-refractivity contribution in [3.8, 4) is 0 Å². The molecule has 3 atom stereocenters. The van der Waals surface area contributed by atoms with Crippen LogP contribution in [-0.4, -0.2) is 47.1 Å². The number of hydrogen-bond donors (Lipinski definition) is 0. The summed E-state index contributed by atoms with van der Waals surface area (Å²) in [5.41, 5.74) is 0. The molecular formula is C13H25NO2S. The molecule has 1 aliphatic rings. The minimum absolute atomic E-state index is 0.0414. The Morgan fingerprint density at radius 3 is 2.76 bits per heavy atom. The molecule has 100 valence electrons. The molecular weight excluding hydrogens is 234 g/mol. The zero-order valence-corrected chi connectivity index (χ0v) is 12.3. The van der Waals surface area contributed by atoms with Gasteiger partial charge in [-0.15, -0.1) is 0 Å². The molecule has 0 spiro atoms. The molecule has 1 aliphatic heterocycles. The van der Waals surface area contributed by atoms with Gasteiger partial charge in [0.2, 0.25) is 0 Å². The fourth-order valence-corrected chi connectivity index (χ4v) is 3.45. The fraction of sp³-hybridized carbons (Fsp3) is 0.923. The summed E-state index contributed by atoms with van der Waals surface area (Å²) in [5.74, 6) is 1.07. The van der Waals surface area contributed by atoms with Gasteiger partial charge in [-0.2, -0.15) is 11.8 Å². The van der Waals surface area contributed by atoms with E-state index in [1.807, 2.05) is 18.7 Å². The highest BCUT2D eigenvalue weighted by Crippen LogP contribution is 2.27.